The van der Waals surface area contributed by atoms with Crippen molar-refractivity contribution in [2.45, 2.75) is 44.9 Å². The second-order valence-corrected chi connectivity index (χ2v) is 6.01. The first-order chi connectivity index (χ1) is 8.63. The number of furan rings is 1. The van der Waals surface area contributed by atoms with Gasteiger partial charge in [-0.05, 0) is 47.2 Å². The van der Waals surface area contributed by atoms with Gasteiger partial charge in [-0.2, -0.15) is 0 Å². The Labute approximate surface area is 116 Å². The van der Waals surface area contributed by atoms with Crippen molar-refractivity contribution in [1.29, 1.82) is 0 Å². The lowest BCUT2D eigenvalue weighted by Crippen LogP contribution is -2.29. The van der Waals surface area contributed by atoms with Crippen molar-refractivity contribution in [2.75, 3.05) is 0 Å². The lowest BCUT2D eigenvalue weighted by Gasteiger charge is -2.33. The summed E-state index contributed by atoms with van der Waals surface area (Å²) in [7, 11) is 0. The molecule has 0 spiro atoms. The number of rotatable bonds is 4. The third kappa shape index (κ3) is 2.79. The van der Waals surface area contributed by atoms with Crippen molar-refractivity contribution in [3.05, 3.63) is 22.6 Å². The molecule has 1 aliphatic rings. The summed E-state index contributed by atoms with van der Waals surface area (Å²) in [4.78, 5) is 11.4. The minimum absolute atomic E-state index is 0.0113. The zero-order valence-corrected chi connectivity index (χ0v) is 12.1. The van der Waals surface area contributed by atoms with Gasteiger partial charge in [0.05, 0.1) is 16.7 Å². The molecule has 1 N–H and O–H groups in total. The van der Waals surface area contributed by atoms with Gasteiger partial charge in [-0.1, -0.05) is 19.8 Å². The Bertz CT molecular complexity index is 413. The Balaban J connectivity index is 2.20. The maximum Gasteiger partial charge on any atom is 0.307 e. The van der Waals surface area contributed by atoms with Crippen molar-refractivity contribution in [3.63, 3.8) is 0 Å². The third-order valence-electron chi connectivity index (χ3n) is 3.95. The Hall–Kier alpha value is -0.770. The number of hydrogen-bond donors (Lipinski definition) is 1. The molecule has 2 rings (SSSR count). The first-order valence-corrected chi connectivity index (χ1v) is 7.38. The van der Waals surface area contributed by atoms with Gasteiger partial charge in [-0.15, -0.1) is 0 Å². The quantitative estimate of drug-likeness (QED) is 0.894. The first-order valence-electron chi connectivity index (χ1n) is 6.59. The molecule has 3 unspecified atom stereocenters. The Kier molecular flexibility index (Phi) is 4.49. The van der Waals surface area contributed by atoms with Crippen LogP contribution >= 0.6 is 15.9 Å². The predicted molar refractivity (Wildman–Crippen MR) is 72.5 cm³/mol. The smallest absolute Gasteiger partial charge is 0.307 e. The summed E-state index contributed by atoms with van der Waals surface area (Å²) >= 11 is 3.45. The number of halogens is 1. The molecule has 0 aromatic carbocycles. The summed E-state index contributed by atoms with van der Waals surface area (Å²) in [6.07, 6.45) is 6.69. The SMILES string of the molecule is CCCC1CCC(C(=O)O)C(c2occc2Br)C1. The molecular weight excluding hydrogens is 296 g/mol. The normalized spacial score (nSPS) is 28.2. The highest BCUT2D eigenvalue weighted by Gasteiger charge is 2.38. The van der Waals surface area contributed by atoms with E-state index in [4.69, 9.17) is 4.42 Å². The van der Waals surface area contributed by atoms with E-state index in [0.717, 1.165) is 35.9 Å². The molecule has 1 aromatic heterocycles. The van der Waals surface area contributed by atoms with E-state index in [1.54, 1.807) is 6.26 Å². The molecule has 1 saturated carbocycles. The molecule has 18 heavy (non-hydrogen) atoms. The molecule has 1 fully saturated rings. The highest BCUT2D eigenvalue weighted by Crippen LogP contribution is 2.44. The van der Waals surface area contributed by atoms with E-state index in [0.29, 0.717) is 5.92 Å². The second kappa shape index (κ2) is 5.91. The van der Waals surface area contributed by atoms with Crippen LogP contribution in [0.1, 0.15) is 50.7 Å². The summed E-state index contributed by atoms with van der Waals surface area (Å²) in [6, 6.07) is 1.84. The Morgan fingerprint density at radius 2 is 2.33 bits per heavy atom. The summed E-state index contributed by atoms with van der Waals surface area (Å²) in [5.74, 6) is 0.451. The molecule has 0 aliphatic heterocycles. The van der Waals surface area contributed by atoms with Gasteiger partial charge in [0, 0.05) is 5.92 Å². The largest absolute Gasteiger partial charge is 0.481 e. The minimum atomic E-state index is -0.696. The van der Waals surface area contributed by atoms with E-state index in [1.165, 1.54) is 6.42 Å². The van der Waals surface area contributed by atoms with Crippen LogP contribution in [0.25, 0.3) is 0 Å². The number of aliphatic carboxylic acids is 1. The van der Waals surface area contributed by atoms with Gasteiger partial charge in [0.1, 0.15) is 5.76 Å². The van der Waals surface area contributed by atoms with Crippen LogP contribution in [0.4, 0.5) is 0 Å². The highest BCUT2D eigenvalue weighted by atomic mass is 79.9. The Morgan fingerprint density at radius 1 is 1.56 bits per heavy atom. The topological polar surface area (TPSA) is 50.4 Å². The zero-order chi connectivity index (χ0) is 13.1. The fourth-order valence-corrected chi connectivity index (χ4v) is 3.58. The van der Waals surface area contributed by atoms with Crippen LogP contribution in [0, 0.1) is 11.8 Å². The van der Waals surface area contributed by atoms with Crippen molar-refractivity contribution in [2.24, 2.45) is 11.8 Å². The van der Waals surface area contributed by atoms with E-state index in [2.05, 4.69) is 22.9 Å². The van der Waals surface area contributed by atoms with Gasteiger partial charge in [0.25, 0.3) is 0 Å². The van der Waals surface area contributed by atoms with E-state index in [-0.39, 0.29) is 11.8 Å². The number of carbonyl (C=O) groups is 1. The van der Waals surface area contributed by atoms with Gasteiger partial charge in [0.15, 0.2) is 0 Å². The van der Waals surface area contributed by atoms with Crippen LogP contribution in [0.2, 0.25) is 0 Å². The fourth-order valence-electron chi connectivity index (χ4n) is 3.08. The number of carboxylic acid groups (broad SMARTS) is 1. The predicted octanol–water partition coefficient (Wildman–Crippen LogP) is 4.43. The summed E-state index contributed by atoms with van der Waals surface area (Å²) in [5.41, 5.74) is 0. The first kappa shape index (κ1) is 13.7. The lowest BCUT2D eigenvalue weighted by atomic mass is 9.72. The molecule has 0 saturated heterocycles. The van der Waals surface area contributed by atoms with Crippen molar-refractivity contribution in [3.8, 4) is 0 Å². The molecule has 3 nitrogen and oxygen atoms in total. The van der Waals surface area contributed by atoms with Crippen LogP contribution in [0.3, 0.4) is 0 Å². The van der Waals surface area contributed by atoms with Crippen molar-refractivity contribution in [1.82, 2.24) is 0 Å². The maximum absolute atomic E-state index is 11.4. The Morgan fingerprint density at radius 3 is 2.89 bits per heavy atom. The monoisotopic (exact) mass is 314 g/mol. The lowest BCUT2D eigenvalue weighted by molar-refractivity contribution is -0.144. The van der Waals surface area contributed by atoms with E-state index < -0.39 is 5.97 Å². The van der Waals surface area contributed by atoms with Gasteiger partial charge in [0.2, 0.25) is 0 Å². The number of hydrogen-bond acceptors (Lipinski definition) is 2. The average Bonchev–Trinajstić information content (AvgIpc) is 2.75. The zero-order valence-electron chi connectivity index (χ0n) is 10.6. The summed E-state index contributed by atoms with van der Waals surface area (Å²) in [6.45, 7) is 2.18. The molecule has 0 radical (unpaired) electrons. The van der Waals surface area contributed by atoms with Crippen molar-refractivity contribution < 1.29 is 14.3 Å². The average molecular weight is 315 g/mol. The van der Waals surface area contributed by atoms with Gasteiger partial charge < -0.3 is 9.52 Å². The molecule has 1 aromatic rings. The van der Waals surface area contributed by atoms with Crippen LogP contribution < -0.4 is 0 Å². The second-order valence-electron chi connectivity index (χ2n) is 5.15. The van der Waals surface area contributed by atoms with Crippen molar-refractivity contribution >= 4 is 21.9 Å². The highest BCUT2D eigenvalue weighted by molar-refractivity contribution is 9.10. The summed E-state index contributed by atoms with van der Waals surface area (Å²) in [5, 5.41) is 9.36. The third-order valence-corrected chi connectivity index (χ3v) is 4.61. The fraction of sp³-hybridized carbons (Fsp3) is 0.643. The molecule has 1 heterocycles. The van der Waals surface area contributed by atoms with Crippen LogP contribution in [-0.2, 0) is 4.79 Å². The summed E-state index contributed by atoms with van der Waals surface area (Å²) < 4.78 is 6.40. The van der Waals surface area contributed by atoms with Crippen LogP contribution in [0.15, 0.2) is 21.2 Å². The van der Waals surface area contributed by atoms with Gasteiger partial charge in [-0.3, -0.25) is 4.79 Å². The minimum Gasteiger partial charge on any atom is -0.481 e. The van der Waals surface area contributed by atoms with Crippen LogP contribution in [0.5, 0.6) is 0 Å². The molecule has 100 valence electrons. The van der Waals surface area contributed by atoms with E-state index in [9.17, 15) is 9.90 Å². The standard InChI is InChI=1S/C14H19BrO3/c1-2-3-9-4-5-10(14(16)17)11(8-9)13-12(15)6-7-18-13/h6-7,9-11H,2-5,8H2,1H3,(H,16,17). The number of carboxylic acids is 1. The van der Waals surface area contributed by atoms with Gasteiger partial charge in [-0.25, -0.2) is 0 Å². The van der Waals surface area contributed by atoms with Gasteiger partial charge >= 0.3 is 5.97 Å². The maximum atomic E-state index is 11.4. The molecule has 3 atom stereocenters. The molecule has 1 aliphatic carbocycles. The molecular formula is C14H19BrO3. The molecule has 0 bridgehead atoms. The molecule has 0 amide bonds. The van der Waals surface area contributed by atoms with Crippen LogP contribution in [-0.4, -0.2) is 11.1 Å². The van der Waals surface area contributed by atoms with E-state index in [1.807, 2.05) is 6.07 Å². The molecule has 4 heteroatoms. The van der Waals surface area contributed by atoms with E-state index >= 15 is 0 Å².